The van der Waals surface area contributed by atoms with Gasteiger partial charge in [0.05, 0.1) is 16.7 Å². The Hall–Kier alpha value is -3.36. The maximum atomic E-state index is 12.8. The number of rotatable bonds is 4. The van der Waals surface area contributed by atoms with Gasteiger partial charge in [0.2, 0.25) is 0 Å². The molecular weight excluding hydrogens is 334 g/mol. The Kier molecular flexibility index (Phi) is 3.83. The van der Waals surface area contributed by atoms with Gasteiger partial charge in [-0.05, 0) is 25.0 Å². The van der Waals surface area contributed by atoms with Crippen molar-refractivity contribution in [2.24, 2.45) is 14.1 Å². The van der Waals surface area contributed by atoms with Crippen molar-refractivity contribution in [2.45, 2.75) is 19.4 Å². The average Bonchev–Trinajstić information content (AvgIpc) is 3.06. The van der Waals surface area contributed by atoms with Gasteiger partial charge >= 0.3 is 5.69 Å². The van der Waals surface area contributed by atoms with Gasteiger partial charge in [-0.15, -0.1) is 5.10 Å². The minimum absolute atomic E-state index is 0.199. The summed E-state index contributed by atoms with van der Waals surface area (Å²) in [6, 6.07) is 7.28. The van der Waals surface area contributed by atoms with E-state index in [-0.39, 0.29) is 12.1 Å². The second-order valence-electron chi connectivity index (χ2n) is 6.17. The molecule has 0 saturated heterocycles. The van der Waals surface area contributed by atoms with E-state index >= 15 is 0 Å². The summed E-state index contributed by atoms with van der Waals surface area (Å²) in [4.78, 5) is 34.3. The second kappa shape index (κ2) is 6.17. The van der Waals surface area contributed by atoms with Crippen molar-refractivity contribution in [1.82, 2.24) is 34.1 Å². The van der Waals surface area contributed by atoms with Crippen LogP contribution in [0.4, 0.5) is 0 Å². The normalized spacial score (nSPS) is 11.5. The molecule has 3 aromatic heterocycles. The van der Waals surface area contributed by atoms with Crippen LogP contribution in [0.3, 0.4) is 0 Å². The Balaban J connectivity index is 1.75. The zero-order valence-corrected chi connectivity index (χ0v) is 14.5. The van der Waals surface area contributed by atoms with Gasteiger partial charge in [0.1, 0.15) is 0 Å². The van der Waals surface area contributed by atoms with Gasteiger partial charge in [0, 0.05) is 26.8 Å². The number of fused-ring (bicyclic) bond motifs is 2. The van der Waals surface area contributed by atoms with Gasteiger partial charge in [-0.25, -0.2) is 14.8 Å². The molecule has 132 valence electrons. The van der Waals surface area contributed by atoms with Crippen molar-refractivity contribution in [2.75, 3.05) is 0 Å². The molecular formula is C17H17N7O2. The number of hydrogen-bond acceptors (Lipinski definition) is 6. The Morgan fingerprint density at radius 3 is 2.46 bits per heavy atom. The van der Waals surface area contributed by atoms with Crippen LogP contribution in [0.1, 0.15) is 12.1 Å². The molecule has 0 amide bonds. The van der Waals surface area contributed by atoms with Crippen LogP contribution in [0, 0.1) is 0 Å². The molecule has 0 aliphatic rings. The smallest absolute Gasteiger partial charge is 0.279 e. The van der Waals surface area contributed by atoms with Gasteiger partial charge in [0.25, 0.3) is 5.56 Å². The number of para-hydroxylation sites is 2. The topological polar surface area (TPSA) is 100 Å². The van der Waals surface area contributed by atoms with E-state index < -0.39 is 11.2 Å². The molecule has 0 bridgehead atoms. The van der Waals surface area contributed by atoms with Crippen LogP contribution < -0.4 is 11.2 Å². The van der Waals surface area contributed by atoms with E-state index in [0.29, 0.717) is 29.5 Å². The molecule has 9 heteroatoms. The highest BCUT2D eigenvalue weighted by atomic mass is 16.2. The Bertz CT molecular complexity index is 1240. The van der Waals surface area contributed by atoms with Gasteiger partial charge in [-0.2, -0.15) is 0 Å². The van der Waals surface area contributed by atoms with Gasteiger partial charge in [0.15, 0.2) is 11.2 Å². The molecule has 0 unspecified atom stereocenters. The van der Waals surface area contributed by atoms with Gasteiger partial charge in [-0.1, -0.05) is 17.3 Å². The third-order valence-corrected chi connectivity index (χ3v) is 4.30. The summed E-state index contributed by atoms with van der Waals surface area (Å²) in [6.07, 6.45) is 3.05. The first-order valence-electron chi connectivity index (χ1n) is 8.26. The van der Waals surface area contributed by atoms with E-state index in [4.69, 9.17) is 0 Å². The molecule has 0 radical (unpaired) electrons. The van der Waals surface area contributed by atoms with Crippen molar-refractivity contribution in [3.63, 3.8) is 0 Å². The Morgan fingerprint density at radius 1 is 1.04 bits per heavy atom. The number of aryl methyl sites for hydroxylation is 3. The van der Waals surface area contributed by atoms with Crippen LogP contribution in [0.15, 0.2) is 40.1 Å². The van der Waals surface area contributed by atoms with Gasteiger partial charge < -0.3 is 0 Å². The van der Waals surface area contributed by atoms with Crippen molar-refractivity contribution < 1.29 is 0 Å². The minimum Gasteiger partial charge on any atom is -0.279 e. The summed E-state index contributed by atoms with van der Waals surface area (Å²) in [5.74, 6) is 0. The van der Waals surface area contributed by atoms with Gasteiger partial charge in [-0.3, -0.25) is 18.6 Å². The summed E-state index contributed by atoms with van der Waals surface area (Å²) in [7, 11) is 3.40. The van der Waals surface area contributed by atoms with Crippen molar-refractivity contribution in [3.8, 4) is 0 Å². The number of aromatic nitrogens is 7. The highest BCUT2D eigenvalue weighted by molar-refractivity contribution is 5.83. The first kappa shape index (κ1) is 16.1. The third kappa shape index (κ3) is 2.67. The summed E-state index contributed by atoms with van der Waals surface area (Å²) < 4.78 is 4.21. The average molecular weight is 351 g/mol. The fourth-order valence-corrected chi connectivity index (χ4v) is 2.98. The fraction of sp³-hybridized carbons (Fsp3) is 0.294. The van der Waals surface area contributed by atoms with E-state index in [9.17, 15) is 9.59 Å². The van der Waals surface area contributed by atoms with E-state index in [1.807, 2.05) is 18.3 Å². The molecule has 0 aliphatic heterocycles. The maximum absolute atomic E-state index is 12.8. The highest BCUT2D eigenvalue weighted by Gasteiger charge is 2.14. The molecule has 1 aromatic carbocycles. The fourth-order valence-electron chi connectivity index (χ4n) is 2.98. The molecule has 0 N–H and O–H groups in total. The zero-order chi connectivity index (χ0) is 18.3. The molecule has 4 aromatic rings. The number of hydrogen-bond donors (Lipinski definition) is 0. The van der Waals surface area contributed by atoms with Crippen LogP contribution in [0.2, 0.25) is 0 Å². The van der Waals surface area contributed by atoms with E-state index in [2.05, 4.69) is 20.3 Å². The lowest BCUT2D eigenvalue weighted by atomic mass is 10.2. The molecule has 4 rings (SSSR count). The van der Waals surface area contributed by atoms with Crippen LogP contribution in [-0.2, 0) is 27.1 Å². The first-order chi connectivity index (χ1) is 12.5. The summed E-state index contributed by atoms with van der Waals surface area (Å²) in [5.41, 5.74) is 1.78. The molecule has 0 aliphatic carbocycles. The van der Waals surface area contributed by atoms with Crippen molar-refractivity contribution in [1.29, 1.82) is 0 Å². The SMILES string of the molecule is Cn1cc(CCCn2c(=O)c3nc4ccccc4nc3n(C)c2=O)nn1. The van der Waals surface area contributed by atoms with Crippen LogP contribution in [0.25, 0.3) is 22.2 Å². The number of benzene rings is 1. The molecule has 0 spiro atoms. The standard InChI is InChI=1S/C17H17N7O2/c1-22-10-11(20-21-22)6-5-9-24-16(25)14-15(23(2)17(24)26)19-13-8-4-3-7-12(13)18-14/h3-4,7-8,10H,5-6,9H2,1-2H3. The lowest BCUT2D eigenvalue weighted by Crippen LogP contribution is -2.40. The van der Waals surface area contributed by atoms with E-state index in [0.717, 1.165) is 5.69 Å². The molecule has 26 heavy (non-hydrogen) atoms. The quantitative estimate of drug-likeness (QED) is 0.494. The predicted octanol–water partition coefficient (Wildman–Crippen LogP) is 0.405. The lowest BCUT2D eigenvalue weighted by molar-refractivity contribution is 0.568. The molecule has 0 saturated carbocycles. The summed E-state index contributed by atoms with van der Waals surface area (Å²) in [6.45, 7) is 0.284. The molecule has 0 atom stereocenters. The highest BCUT2D eigenvalue weighted by Crippen LogP contribution is 2.12. The third-order valence-electron chi connectivity index (χ3n) is 4.30. The van der Waals surface area contributed by atoms with Crippen LogP contribution in [-0.4, -0.2) is 34.1 Å². The van der Waals surface area contributed by atoms with Crippen LogP contribution in [0.5, 0.6) is 0 Å². The zero-order valence-electron chi connectivity index (χ0n) is 14.5. The van der Waals surface area contributed by atoms with Crippen molar-refractivity contribution in [3.05, 3.63) is 57.0 Å². The molecule has 0 fully saturated rings. The molecule has 3 heterocycles. The second-order valence-corrected chi connectivity index (χ2v) is 6.17. The largest absolute Gasteiger partial charge is 0.332 e. The Morgan fingerprint density at radius 2 is 1.77 bits per heavy atom. The van der Waals surface area contributed by atoms with E-state index in [1.165, 1.54) is 9.13 Å². The lowest BCUT2D eigenvalue weighted by Gasteiger charge is -2.10. The Labute approximate surface area is 147 Å². The van der Waals surface area contributed by atoms with Crippen molar-refractivity contribution >= 4 is 22.2 Å². The maximum Gasteiger partial charge on any atom is 0.332 e. The monoisotopic (exact) mass is 351 g/mol. The summed E-state index contributed by atoms with van der Waals surface area (Å²) in [5, 5.41) is 7.89. The van der Waals surface area contributed by atoms with Crippen LogP contribution >= 0.6 is 0 Å². The first-order valence-corrected chi connectivity index (χ1v) is 8.26. The predicted molar refractivity (Wildman–Crippen MR) is 95.9 cm³/mol. The van der Waals surface area contributed by atoms with E-state index in [1.54, 1.807) is 30.9 Å². The minimum atomic E-state index is -0.416. The molecule has 9 nitrogen and oxygen atoms in total. The summed E-state index contributed by atoms with van der Waals surface area (Å²) >= 11 is 0. The number of nitrogens with zero attached hydrogens (tertiary/aromatic N) is 7.